The Bertz CT molecular complexity index is 1220. The summed E-state index contributed by atoms with van der Waals surface area (Å²) in [4.78, 5) is 33.8. The molecular weight excluding hydrogens is 470 g/mol. The van der Waals surface area contributed by atoms with Gasteiger partial charge in [-0.15, -0.1) is 0 Å². The van der Waals surface area contributed by atoms with E-state index in [9.17, 15) is 14.7 Å². The standard InChI is InChI=1S/C24H30ClN7O3/c1-13(2)29-21-8-20(18-11-28-32-12-15(25)9-27-22(18)32)26-10-19(21)24(35)31-17-6-4-16(5-7-17)30-23(34)14(3)33/h8-14,16-17,33H,4-7H2,1-3H3,(H,26,29)(H,30,34)(H,31,35)/t14-,16-,17-/m0/s1. The number of carbonyl (C=O) groups is 2. The molecule has 3 aromatic rings. The molecule has 4 N–H and O–H groups in total. The van der Waals surface area contributed by atoms with Crippen molar-refractivity contribution in [3.8, 4) is 11.3 Å². The molecule has 186 valence electrons. The first-order valence-electron chi connectivity index (χ1n) is 11.8. The largest absolute Gasteiger partial charge is 0.384 e. The van der Waals surface area contributed by atoms with E-state index in [0.717, 1.165) is 31.2 Å². The van der Waals surface area contributed by atoms with Crippen molar-refractivity contribution in [1.82, 2.24) is 30.2 Å². The number of aromatic nitrogens is 4. The molecule has 3 heterocycles. The molecule has 1 saturated carbocycles. The maximum absolute atomic E-state index is 13.2. The summed E-state index contributed by atoms with van der Waals surface area (Å²) in [5.74, 6) is -0.564. The van der Waals surface area contributed by atoms with Crippen LogP contribution in [0.5, 0.6) is 0 Å². The fourth-order valence-corrected chi connectivity index (χ4v) is 4.35. The van der Waals surface area contributed by atoms with Crippen LogP contribution in [0.15, 0.2) is 30.9 Å². The summed E-state index contributed by atoms with van der Waals surface area (Å²) in [5, 5.41) is 23.5. The Hall–Kier alpha value is -3.24. The lowest BCUT2D eigenvalue weighted by Crippen LogP contribution is -2.46. The van der Waals surface area contributed by atoms with Crippen LogP contribution in [0.25, 0.3) is 16.9 Å². The van der Waals surface area contributed by atoms with E-state index in [-0.39, 0.29) is 29.9 Å². The molecule has 0 saturated heterocycles. The number of fused-ring (bicyclic) bond motifs is 1. The Morgan fingerprint density at radius 3 is 2.40 bits per heavy atom. The zero-order chi connectivity index (χ0) is 25.1. The molecule has 10 nitrogen and oxygen atoms in total. The molecule has 0 bridgehead atoms. The van der Waals surface area contributed by atoms with Gasteiger partial charge in [-0.3, -0.25) is 14.6 Å². The van der Waals surface area contributed by atoms with Crippen molar-refractivity contribution in [3.05, 3.63) is 41.4 Å². The van der Waals surface area contributed by atoms with Crippen molar-refractivity contribution in [3.63, 3.8) is 0 Å². The van der Waals surface area contributed by atoms with Gasteiger partial charge in [0.05, 0.1) is 39.9 Å². The molecule has 0 aromatic carbocycles. The van der Waals surface area contributed by atoms with Gasteiger partial charge < -0.3 is 21.1 Å². The SMILES string of the molecule is CC(C)Nc1cc(-c2cnn3cc(Cl)cnc23)ncc1C(=O)N[C@H]1CC[C@H](NC(=O)[C@H](C)O)CC1. The van der Waals surface area contributed by atoms with Gasteiger partial charge in [0.2, 0.25) is 5.91 Å². The molecule has 0 radical (unpaired) electrons. The summed E-state index contributed by atoms with van der Waals surface area (Å²) in [6.07, 6.45) is 8.42. The van der Waals surface area contributed by atoms with Crippen LogP contribution in [0.4, 0.5) is 5.69 Å². The van der Waals surface area contributed by atoms with Crippen LogP contribution < -0.4 is 16.0 Å². The second-order valence-corrected chi connectivity index (χ2v) is 9.66. The predicted octanol–water partition coefficient (Wildman–Crippen LogP) is 2.80. The molecule has 11 heteroatoms. The van der Waals surface area contributed by atoms with E-state index >= 15 is 0 Å². The molecule has 4 rings (SSSR count). The van der Waals surface area contributed by atoms with Crippen molar-refractivity contribution in [2.45, 2.75) is 70.7 Å². The highest BCUT2D eigenvalue weighted by Gasteiger charge is 2.26. The number of halogens is 1. The smallest absolute Gasteiger partial charge is 0.255 e. The van der Waals surface area contributed by atoms with Crippen LogP contribution in [0.3, 0.4) is 0 Å². The summed E-state index contributed by atoms with van der Waals surface area (Å²) < 4.78 is 1.59. The van der Waals surface area contributed by atoms with Gasteiger partial charge in [0.1, 0.15) is 6.10 Å². The minimum Gasteiger partial charge on any atom is -0.384 e. The molecule has 2 amide bonds. The van der Waals surface area contributed by atoms with Crippen molar-refractivity contribution >= 4 is 34.7 Å². The Labute approximate surface area is 208 Å². The number of hydrogen-bond donors (Lipinski definition) is 4. The van der Waals surface area contributed by atoms with E-state index in [2.05, 4.69) is 31.0 Å². The van der Waals surface area contributed by atoms with Crippen LogP contribution in [0.1, 0.15) is 56.8 Å². The summed E-state index contributed by atoms with van der Waals surface area (Å²) in [6.45, 7) is 5.46. The van der Waals surface area contributed by atoms with Gasteiger partial charge in [0, 0.05) is 30.5 Å². The van der Waals surface area contributed by atoms with Crippen molar-refractivity contribution in [2.75, 3.05) is 5.32 Å². The second kappa shape index (κ2) is 10.6. The quantitative estimate of drug-likeness (QED) is 0.392. The molecule has 1 atom stereocenters. The summed E-state index contributed by atoms with van der Waals surface area (Å²) >= 11 is 6.01. The highest BCUT2D eigenvalue weighted by atomic mass is 35.5. The normalized spacial score (nSPS) is 18.9. The minimum atomic E-state index is -1.02. The van der Waals surface area contributed by atoms with E-state index in [4.69, 9.17) is 11.6 Å². The Kier molecular flexibility index (Phi) is 7.51. The zero-order valence-electron chi connectivity index (χ0n) is 20.0. The number of aliphatic hydroxyl groups is 1. The molecule has 0 aliphatic heterocycles. The highest BCUT2D eigenvalue weighted by Crippen LogP contribution is 2.28. The van der Waals surface area contributed by atoms with E-state index < -0.39 is 6.10 Å². The first kappa shape index (κ1) is 24.9. The average molecular weight is 500 g/mol. The first-order valence-corrected chi connectivity index (χ1v) is 12.1. The minimum absolute atomic E-state index is 0.00217. The van der Waals surface area contributed by atoms with Gasteiger partial charge in [-0.05, 0) is 52.5 Å². The number of anilines is 1. The maximum atomic E-state index is 13.2. The number of pyridine rings is 1. The number of nitrogens with one attached hydrogen (secondary N) is 3. The number of carbonyl (C=O) groups excluding carboxylic acids is 2. The van der Waals surface area contributed by atoms with E-state index in [1.54, 1.807) is 29.3 Å². The Morgan fingerprint density at radius 1 is 1.06 bits per heavy atom. The molecule has 35 heavy (non-hydrogen) atoms. The van der Waals surface area contributed by atoms with Crippen LogP contribution in [-0.2, 0) is 4.79 Å². The van der Waals surface area contributed by atoms with Crippen LogP contribution >= 0.6 is 11.6 Å². The average Bonchev–Trinajstić information content (AvgIpc) is 3.22. The van der Waals surface area contributed by atoms with Gasteiger partial charge in [-0.25, -0.2) is 9.50 Å². The number of nitrogens with zero attached hydrogens (tertiary/aromatic N) is 4. The summed E-state index contributed by atoms with van der Waals surface area (Å²) in [7, 11) is 0. The van der Waals surface area contributed by atoms with E-state index in [0.29, 0.717) is 27.6 Å². The van der Waals surface area contributed by atoms with Gasteiger partial charge in [-0.2, -0.15) is 5.10 Å². The Morgan fingerprint density at radius 2 is 1.74 bits per heavy atom. The molecule has 0 unspecified atom stereocenters. The van der Waals surface area contributed by atoms with Gasteiger partial charge in [0.15, 0.2) is 5.65 Å². The number of amides is 2. The van der Waals surface area contributed by atoms with Crippen molar-refractivity contribution < 1.29 is 14.7 Å². The fourth-order valence-electron chi connectivity index (χ4n) is 4.21. The van der Waals surface area contributed by atoms with Gasteiger partial charge in [0.25, 0.3) is 5.91 Å². The zero-order valence-corrected chi connectivity index (χ0v) is 20.7. The third kappa shape index (κ3) is 5.88. The topological polar surface area (TPSA) is 134 Å². The number of rotatable bonds is 7. The predicted molar refractivity (Wildman–Crippen MR) is 133 cm³/mol. The van der Waals surface area contributed by atoms with Gasteiger partial charge >= 0.3 is 0 Å². The molecule has 0 spiro atoms. The van der Waals surface area contributed by atoms with E-state index in [1.165, 1.54) is 6.92 Å². The third-order valence-electron chi connectivity index (χ3n) is 5.98. The molecular formula is C24H30ClN7O3. The van der Waals surface area contributed by atoms with Crippen LogP contribution in [0.2, 0.25) is 5.02 Å². The number of hydrogen-bond acceptors (Lipinski definition) is 7. The summed E-state index contributed by atoms with van der Waals surface area (Å²) in [6, 6.07) is 1.96. The fraction of sp³-hybridized carbons (Fsp3) is 0.458. The number of aliphatic hydroxyl groups excluding tert-OH is 1. The van der Waals surface area contributed by atoms with Crippen LogP contribution in [-0.4, -0.2) is 60.7 Å². The van der Waals surface area contributed by atoms with Gasteiger partial charge in [-0.1, -0.05) is 11.6 Å². The molecule has 1 fully saturated rings. The molecule has 1 aliphatic rings. The molecule has 3 aromatic heterocycles. The van der Waals surface area contributed by atoms with E-state index in [1.807, 2.05) is 19.9 Å². The molecule has 1 aliphatic carbocycles. The highest BCUT2D eigenvalue weighted by molar-refractivity contribution is 6.30. The second-order valence-electron chi connectivity index (χ2n) is 9.22. The van der Waals surface area contributed by atoms with Crippen molar-refractivity contribution in [2.24, 2.45) is 0 Å². The lowest BCUT2D eigenvalue weighted by atomic mass is 9.90. The maximum Gasteiger partial charge on any atom is 0.255 e. The monoisotopic (exact) mass is 499 g/mol. The van der Waals surface area contributed by atoms with Crippen LogP contribution in [0, 0.1) is 0 Å². The summed E-state index contributed by atoms with van der Waals surface area (Å²) in [5.41, 5.74) is 3.13. The van der Waals surface area contributed by atoms with Crippen molar-refractivity contribution in [1.29, 1.82) is 0 Å². The lowest BCUT2D eigenvalue weighted by Gasteiger charge is -2.30. The Balaban J connectivity index is 1.49. The third-order valence-corrected chi connectivity index (χ3v) is 6.18. The lowest BCUT2D eigenvalue weighted by molar-refractivity contribution is -0.129. The first-order chi connectivity index (χ1) is 16.7.